The summed E-state index contributed by atoms with van der Waals surface area (Å²) < 4.78 is 1.44. The summed E-state index contributed by atoms with van der Waals surface area (Å²) in [6, 6.07) is 8.77. The third-order valence-corrected chi connectivity index (χ3v) is 4.25. The first-order valence-corrected chi connectivity index (χ1v) is 7.44. The van der Waals surface area contributed by atoms with Crippen molar-refractivity contribution in [1.29, 1.82) is 0 Å². The van der Waals surface area contributed by atoms with E-state index < -0.39 is 0 Å². The zero-order valence-corrected chi connectivity index (χ0v) is 12.7. The lowest BCUT2D eigenvalue weighted by atomic mass is 9.95. The van der Waals surface area contributed by atoms with Gasteiger partial charge in [-0.2, -0.15) is 0 Å². The Morgan fingerprint density at radius 1 is 0.882 bits per heavy atom. The van der Waals surface area contributed by atoms with Gasteiger partial charge in [0.2, 0.25) is 0 Å². The second-order valence-electron chi connectivity index (χ2n) is 4.69. The number of hydrogen-bond donors (Lipinski definition) is 0. The lowest BCUT2D eigenvalue weighted by Crippen LogP contribution is -1.93. The molecule has 0 bridgehead atoms. The van der Waals surface area contributed by atoms with E-state index >= 15 is 0 Å². The van der Waals surface area contributed by atoms with Gasteiger partial charge in [0, 0.05) is 9.58 Å². The average molecular weight is 248 g/mol. The molecule has 2 rings (SSSR count). The number of rotatable bonds is 2. The Labute approximate surface area is 110 Å². The Kier molecular flexibility index (Phi) is 5.20. The van der Waals surface area contributed by atoms with Crippen molar-refractivity contribution < 1.29 is 0 Å². The zero-order chi connectivity index (χ0) is 13.0. The molecule has 0 atom stereocenters. The first-order valence-electron chi connectivity index (χ1n) is 6.62. The number of fused-ring (bicyclic) bond motifs is 1. The molecule has 94 valence electrons. The fourth-order valence-electron chi connectivity index (χ4n) is 2.11. The average Bonchev–Trinajstić information content (AvgIpc) is 2.71. The van der Waals surface area contributed by atoms with Crippen LogP contribution in [0.4, 0.5) is 0 Å². The highest BCUT2D eigenvalue weighted by molar-refractivity contribution is 7.19. The smallest absolute Gasteiger partial charge is 0.0348 e. The highest BCUT2D eigenvalue weighted by Gasteiger charge is 2.16. The summed E-state index contributed by atoms with van der Waals surface area (Å²) in [4.78, 5) is 1.56. The minimum atomic E-state index is 0.624. The maximum Gasteiger partial charge on any atom is 0.0348 e. The van der Waals surface area contributed by atoms with Crippen molar-refractivity contribution in [2.24, 2.45) is 0 Å². The van der Waals surface area contributed by atoms with Crippen LogP contribution in [-0.2, 0) is 0 Å². The molecule has 0 spiro atoms. The third-order valence-electron chi connectivity index (χ3n) is 2.76. The molecule has 0 fully saturated rings. The van der Waals surface area contributed by atoms with Crippen molar-refractivity contribution in [3.63, 3.8) is 0 Å². The summed E-state index contributed by atoms with van der Waals surface area (Å²) in [6.07, 6.45) is 0. The lowest BCUT2D eigenvalue weighted by molar-refractivity contribution is 0.815. The molecule has 0 aliphatic rings. The van der Waals surface area contributed by atoms with Gasteiger partial charge in [-0.05, 0) is 28.9 Å². The number of hydrogen-bond acceptors (Lipinski definition) is 1. The lowest BCUT2D eigenvalue weighted by Gasteiger charge is -2.10. The molecule has 0 amide bonds. The molecule has 2 aromatic rings. The SMILES string of the molecule is CC.CC(C)c1sc2ccccc2c1C(C)C. The van der Waals surface area contributed by atoms with E-state index in [0.717, 1.165) is 0 Å². The summed E-state index contributed by atoms with van der Waals surface area (Å²) in [6.45, 7) is 13.2. The minimum absolute atomic E-state index is 0.624. The second-order valence-corrected chi connectivity index (χ2v) is 5.77. The van der Waals surface area contributed by atoms with Gasteiger partial charge in [-0.3, -0.25) is 0 Å². The number of thiophene rings is 1. The molecule has 0 N–H and O–H groups in total. The van der Waals surface area contributed by atoms with Crippen LogP contribution < -0.4 is 0 Å². The summed E-state index contributed by atoms with van der Waals surface area (Å²) in [7, 11) is 0. The highest BCUT2D eigenvalue weighted by atomic mass is 32.1. The monoisotopic (exact) mass is 248 g/mol. The van der Waals surface area contributed by atoms with Crippen LogP contribution >= 0.6 is 11.3 Å². The molecule has 0 unspecified atom stereocenters. The van der Waals surface area contributed by atoms with Crippen molar-refractivity contribution in [2.75, 3.05) is 0 Å². The van der Waals surface area contributed by atoms with Crippen LogP contribution in [0.1, 0.15) is 63.8 Å². The van der Waals surface area contributed by atoms with Crippen molar-refractivity contribution in [2.45, 2.75) is 53.4 Å². The molecule has 1 aromatic heterocycles. The Balaban J connectivity index is 0.000000686. The Bertz CT molecular complexity index is 463. The standard InChI is InChI=1S/C14H18S.C2H6/c1-9(2)13-11-7-5-6-8-12(11)15-14(13)10(3)4;1-2/h5-10H,1-4H3;1-2H3. The maximum atomic E-state index is 2.29. The van der Waals surface area contributed by atoms with E-state index in [9.17, 15) is 0 Å². The molecule has 1 heterocycles. The quantitative estimate of drug-likeness (QED) is 0.595. The van der Waals surface area contributed by atoms with Crippen molar-refractivity contribution >= 4 is 21.4 Å². The summed E-state index contributed by atoms with van der Waals surface area (Å²) in [5, 5.41) is 1.46. The van der Waals surface area contributed by atoms with Gasteiger partial charge in [0.15, 0.2) is 0 Å². The topological polar surface area (TPSA) is 0 Å². The van der Waals surface area contributed by atoms with Crippen LogP contribution in [0.25, 0.3) is 10.1 Å². The van der Waals surface area contributed by atoms with Gasteiger partial charge in [-0.25, -0.2) is 0 Å². The molecule has 1 aromatic carbocycles. The van der Waals surface area contributed by atoms with Crippen LogP contribution in [0.15, 0.2) is 24.3 Å². The molecular formula is C16H24S. The zero-order valence-electron chi connectivity index (χ0n) is 11.9. The van der Waals surface area contributed by atoms with Crippen LogP contribution in [0.5, 0.6) is 0 Å². The predicted octanol–water partition coefficient (Wildman–Crippen LogP) is 6.17. The normalized spacial score (nSPS) is 10.8. The van der Waals surface area contributed by atoms with Crippen LogP contribution in [0, 0.1) is 0 Å². The second kappa shape index (κ2) is 6.20. The van der Waals surface area contributed by atoms with Gasteiger partial charge >= 0.3 is 0 Å². The van der Waals surface area contributed by atoms with E-state index in [0.29, 0.717) is 11.8 Å². The van der Waals surface area contributed by atoms with Crippen molar-refractivity contribution in [3.8, 4) is 0 Å². The summed E-state index contributed by atoms with van der Waals surface area (Å²) in [5.41, 5.74) is 1.56. The molecule has 0 saturated heterocycles. The Morgan fingerprint density at radius 3 is 2.00 bits per heavy atom. The van der Waals surface area contributed by atoms with E-state index in [-0.39, 0.29) is 0 Å². The molecular weight excluding hydrogens is 224 g/mol. The van der Waals surface area contributed by atoms with Gasteiger partial charge in [0.25, 0.3) is 0 Å². The predicted molar refractivity (Wildman–Crippen MR) is 81.4 cm³/mol. The van der Waals surface area contributed by atoms with E-state index in [2.05, 4.69) is 52.0 Å². The first-order chi connectivity index (χ1) is 8.11. The number of benzene rings is 1. The van der Waals surface area contributed by atoms with Crippen molar-refractivity contribution in [1.82, 2.24) is 0 Å². The summed E-state index contributed by atoms with van der Waals surface area (Å²) >= 11 is 1.96. The van der Waals surface area contributed by atoms with Gasteiger partial charge in [-0.1, -0.05) is 59.7 Å². The molecule has 1 heteroatoms. The van der Waals surface area contributed by atoms with Gasteiger partial charge in [-0.15, -0.1) is 11.3 Å². The Morgan fingerprint density at radius 2 is 1.47 bits per heavy atom. The van der Waals surface area contributed by atoms with Crippen molar-refractivity contribution in [3.05, 3.63) is 34.7 Å². The first kappa shape index (κ1) is 14.2. The third kappa shape index (κ3) is 2.90. The van der Waals surface area contributed by atoms with E-state index in [1.54, 1.807) is 10.4 Å². The van der Waals surface area contributed by atoms with E-state index in [1.807, 2.05) is 25.2 Å². The van der Waals surface area contributed by atoms with Gasteiger partial charge in [0.05, 0.1) is 0 Å². The molecule has 0 saturated carbocycles. The van der Waals surface area contributed by atoms with Crippen LogP contribution in [-0.4, -0.2) is 0 Å². The maximum absolute atomic E-state index is 2.29. The van der Waals surface area contributed by atoms with E-state index in [4.69, 9.17) is 0 Å². The molecule has 17 heavy (non-hydrogen) atoms. The van der Waals surface area contributed by atoms with Crippen LogP contribution in [0.2, 0.25) is 0 Å². The minimum Gasteiger partial charge on any atom is -0.140 e. The van der Waals surface area contributed by atoms with Gasteiger partial charge in [0.1, 0.15) is 0 Å². The molecule has 0 aliphatic carbocycles. The summed E-state index contributed by atoms with van der Waals surface area (Å²) in [5.74, 6) is 1.26. The van der Waals surface area contributed by atoms with Gasteiger partial charge < -0.3 is 0 Å². The largest absolute Gasteiger partial charge is 0.140 e. The molecule has 0 aliphatic heterocycles. The Hall–Kier alpha value is -0.820. The fourth-order valence-corrected chi connectivity index (χ4v) is 3.47. The molecule has 0 radical (unpaired) electrons. The molecule has 0 nitrogen and oxygen atoms in total. The van der Waals surface area contributed by atoms with Crippen LogP contribution in [0.3, 0.4) is 0 Å². The highest BCUT2D eigenvalue weighted by Crippen LogP contribution is 2.39. The fraction of sp³-hybridized carbons (Fsp3) is 0.500. The van der Waals surface area contributed by atoms with E-state index in [1.165, 1.54) is 10.1 Å².